The van der Waals surface area contributed by atoms with Gasteiger partial charge in [0.2, 0.25) is 15.9 Å². The van der Waals surface area contributed by atoms with Crippen molar-refractivity contribution in [3.05, 3.63) is 52.0 Å². The Bertz CT molecular complexity index is 1070. The van der Waals surface area contributed by atoms with E-state index in [-0.39, 0.29) is 27.0 Å². The summed E-state index contributed by atoms with van der Waals surface area (Å²) in [6.45, 7) is 1.42. The second kappa shape index (κ2) is 9.55. The van der Waals surface area contributed by atoms with Crippen molar-refractivity contribution >= 4 is 56.5 Å². The molecular weight excluding hydrogens is 455 g/mol. The molecule has 30 heavy (non-hydrogen) atoms. The molecule has 0 fully saturated rings. The quantitative estimate of drug-likeness (QED) is 0.615. The van der Waals surface area contributed by atoms with Crippen LogP contribution >= 0.6 is 23.2 Å². The van der Waals surface area contributed by atoms with Gasteiger partial charge in [0.05, 0.1) is 41.8 Å². The first-order chi connectivity index (χ1) is 14.0. The van der Waals surface area contributed by atoms with Crippen LogP contribution in [-0.2, 0) is 19.6 Å². The lowest BCUT2D eigenvalue weighted by molar-refractivity contribution is -0.116. The maximum Gasteiger partial charge on any atom is 0.339 e. The van der Waals surface area contributed by atoms with Crippen LogP contribution in [-0.4, -0.2) is 46.8 Å². The van der Waals surface area contributed by atoms with E-state index in [9.17, 15) is 18.0 Å². The van der Waals surface area contributed by atoms with E-state index in [2.05, 4.69) is 10.1 Å². The van der Waals surface area contributed by atoms with E-state index in [1.54, 1.807) is 0 Å². The van der Waals surface area contributed by atoms with Crippen LogP contribution in [0, 0.1) is 0 Å². The zero-order valence-electron chi connectivity index (χ0n) is 16.6. The first kappa shape index (κ1) is 23.8. The van der Waals surface area contributed by atoms with Gasteiger partial charge in [0, 0.05) is 5.69 Å². The molecular formula is C19H20Cl2N2O6S. The van der Waals surface area contributed by atoms with Crippen LogP contribution in [0.15, 0.2) is 36.4 Å². The number of hydrogen-bond acceptors (Lipinski definition) is 6. The number of carbonyl (C=O) groups excluding carboxylic acids is 2. The predicted molar refractivity (Wildman–Crippen MR) is 116 cm³/mol. The van der Waals surface area contributed by atoms with Gasteiger partial charge in [-0.3, -0.25) is 9.10 Å². The van der Waals surface area contributed by atoms with Crippen LogP contribution in [0.5, 0.6) is 5.75 Å². The molecule has 0 aliphatic carbocycles. The van der Waals surface area contributed by atoms with Crippen molar-refractivity contribution < 1.29 is 27.5 Å². The highest BCUT2D eigenvalue weighted by Crippen LogP contribution is 2.31. The molecule has 0 saturated carbocycles. The molecule has 2 aromatic carbocycles. The van der Waals surface area contributed by atoms with Crippen molar-refractivity contribution in [1.82, 2.24) is 0 Å². The van der Waals surface area contributed by atoms with Crippen LogP contribution in [0.25, 0.3) is 0 Å². The van der Waals surface area contributed by atoms with Gasteiger partial charge in [-0.1, -0.05) is 23.2 Å². The zero-order chi connectivity index (χ0) is 22.6. The Hall–Kier alpha value is -2.49. The van der Waals surface area contributed by atoms with Gasteiger partial charge in [-0.05, 0) is 43.3 Å². The molecule has 1 N–H and O–H groups in total. The van der Waals surface area contributed by atoms with Gasteiger partial charge in [0.1, 0.15) is 11.8 Å². The first-order valence-electron chi connectivity index (χ1n) is 8.51. The molecule has 11 heteroatoms. The fourth-order valence-electron chi connectivity index (χ4n) is 2.72. The van der Waals surface area contributed by atoms with Gasteiger partial charge in [0.25, 0.3) is 0 Å². The van der Waals surface area contributed by atoms with Crippen molar-refractivity contribution in [2.24, 2.45) is 0 Å². The number of halogens is 2. The molecule has 0 heterocycles. The summed E-state index contributed by atoms with van der Waals surface area (Å²) in [4.78, 5) is 24.6. The van der Waals surface area contributed by atoms with E-state index in [1.165, 1.54) is 57.5 Å². The summed E-state index contributed by atoms with van der Waals surface area (Å²) < 4.78 is 35.5. The average Bonchev–Trinajstić information content (AvgIpc) is 2.68. The molecule has 0 spiro atoms. The Morgan fingerprint density at radius 3 is 2.27 bits per heavy atom. The lowest BCUT2D eigenvalue weighted by Crippen LogP contribution is -2.45. The van der Waals surface area contributed by atoms with Gasteiger partial charge < -0.3 is 14.8 Å². The highest BCUT2D eigenvalue weighted by molar-refractivity contribution is 7.92. The minimum Gasteiger partial charge on any atom is -0.495 e. The number of nitrogens with zero attached hydrogens (tertiary/aromatic N) is 1. The summed E-state index contributed by atoms with van der Waals surface area (Å²) in [5.41, 5.74) is 0.502. The largest absolute Gasteiger partial charge is 0.495 e. The molecule has 0 radical (unpaired) electrons. The van der Waals surface area contributed by atoms with E-state index in [0.29, 0.717) is 5.75 Å². The molecule has 0 saturated heterocycles. The second-order valence-electron chi connectivity index (χ2n) is 6.23. The highest BCUT2D eigenvalue weighted by Gasteiger charge is 2.30. The Labute approximate surface area is 184 Å². The number of nitrogens with one attached hydrogen (secondary N) is 1. The predicted octanol–water partition coefficient (Wildman–Crippen LogP) is 3.58. The van der Waals surface area contributed by atoms with Gasteiger partial charge >= 0.3 is 5.97 Å². The molecule has 0 bridgehead atoms. The molecule has 0 unspecified atom stereocenters. The maximum absolute atomic E-state index is 12.8. The van der Waals surface area contributed by atoms with Crippen molar-refractivity contribution in [3.63, 3.8) is 0 Å². The number of ether oxygens (including phenoxy) is 2. The third kappa shape index (κ3) is 5.35. The number of esters is 1. The Balaban J connectivity index is 2.35. The van der Waals surface area contributed by atoms with Crippen molar-refractivity contribution in [1.29, 1.82) is 0 Å². The van der Waals surface area contributed by atoms with Crippen LogP contribution in [0.3, 0.4) is 0 Å². The number of rotatable bonds is 7. The van der Waals surface area contributed by atoms with Crippen LogP contribution < -0.4 is 14.4 Å². The standard InChI is InChI=1S/C19H20Cl2N2O6S/c1-11(18(24)22-12-5-7-15(20)14(9-12)19(25)29-3)23(30(4,26)27)13-6-8-17(28-2)16(21)10-13/h5-11H,1-4H3,(H,22,24)/t11-/m1/s1. The average molecular weight is 475 g/mol. The molecule has 1 amide bonds. The summed E-state index contributed by atoms with van der Waals surface area (Å²) in [7, 11) is -1.21. The van der Waals surface area contributed by atoms with E-state index in [1.807, 2.05) is 0 Å². The number of benzene rings is 2. The van der Waals surface area contributed by atoms with Gasteiger partial charge in [-0.2, -0.15) is 0 Å². The van der Waals surface area contributed by atoms with Crippen LogP contribution in [0.4, 0.5) is 11.4 Å². The summed E-state index contributed by atoms with van der Waals surface area (Å²) in [6, 6.07) is 7.48. The highest BCUT2D eigenvalue weighted by atomic mass is 35.5. The molecule has 0 aliphatic heterocycles. The molecule has 1 atom stereocenters. The van der Waals surface area contributed by atoms with Gasteiger partial charge in [0.15, 0.2) is 0 Å². The molecule has 8 nitrogen and oxygen atoms in total. The number of anilines is 2. The van der Waals surface area contributed by atoms with E-state index < -0.39 is 27.9 Å². The van der Waals surface area contributed by atoms with Crippen molar-refractivity contribution in [2.75, 3.05) is 30.1 Å². The first-order valence-corrected chi connectivity index (χ1v) is 11.1. The molecule has 0 aliphatic rings. The molecule has 0 aromatic heterocycles. The number of methoxy groups -OCH3 is 2. The van der Waals surface area contributed by atoms with Crippen molar-refractivity contribution in [2.45, 2.75) is 13.0 Å². The third-order valence-corrected chi connectivity index (χ3v) is 5.98. The topological polar surface area (TPSA) is 102 Å². The third-order valence-electron chi connectivity index (χ3n) is 4.12. The second-order valence-corrected chi connectivity index (χ2v) is 8.90. The number of sulfonamides is 1. The summed E-state index contributed by atoms with van der Waals surface area (Å²) in [6.07, 6.45) is 0.979. The lowest BCUT2D eigenvalue weighted by atomic mass is 10.2. The fraction of sp³-hybridized carbons (Fsp3) is 0.263. The SMILES string of the molecule is COC(=O)c1cc(NC(=O)[C@@H](C)N(c2ccc(OC)c(Cl)c2)S(C)(=O)=O)ccc1Cl. The van der Waals surface area contributed by atoms with Crippen LogP contribution in [0.2, 0.25) is 10.0 Å². The lowest BCUT2D eigenvalue weighted by Gasteiger charge is -2.28. The fourth-order valence-corrected chi connectivity index (χ4v) is 4.33. The molecule has 2 aromatic rings. The summed E-state index contributed by atoms with van der Waals surface area (Å²) in [5, 5.41) is 2.92. The van der Waals surface area contributed by atoms with E-state index in [4.69, 9.17) is 27.9 Å². The Kier molecular flexibility index (Phi) is 7.57. The minimum atomic E-state index is -3.85. The zero-order valence-corrected chi connectivity index (χ0v) is 18.9. The van der Waals surface area contributed by atoms with Gasteiger partial charge in [-0.15, -0.1) is 0 Å². The van der Waals surface area contributed by atoms with Crippen molar-refractivity contribution in [3.8, 4) is 5.75 Å². The van der Waals surface area contributed by atoms with E-state index >= 15 is 0 Å². The number of amides is 1. The minimum absolute atomic E-state index is 0.0616. The summed E-state index contributed by atoms with van der Waals surface area (Å²) >= 11 is 12.1. The maximum atomic E-state index is 12.8. The number of carbonyl (C=O) groups is 2. The Morgan fingerprint density at radius 1 is 1.07 bits per heavy atom. The summed E-state index contributed by atoms with van der Waals surface area (Å²) in [5.74, 6) is -0.942. The number of hydrogen-bond donors (Lipinski definition) is 1. The van der Waals surface area contributed by atoms with Gasteiger partial charge in [-0.25, -0.2) is 13.2 Å². The molecule has 2 rings (SSSR count). The Morgan fingerprint density at radius 2 is 1.73 bits per heavy atom. The monoisotopic (exact) mass is 474 g/mol. The normalized spacial score (nSPS) is 12.1. The molecule has 162 valence electrons. The smallest absolute Gasteiger partial charge is 0.339 e. The van der Waals surface area contributed by atoms with Crippen LogP contribution in [0.1, 0.15) is 17.3 Å². The van der Waals surface area contributed by atoms with E-state index in [0.717, 1.165) is 10.6 Å².